The van der Waals surface area contributed by atoms with E-state index >= 15 is 0 Å². The largest absolute Gasteiger partial charge is 0.296 e. The third kappa shape index (κ3) is 3.53. The van der Waals surface area contributed by atoms with Gasteiger partial charge in [0.25, 0.3) is 5.91 Å². The minimum atomic E-state index is -0.136. The molecule has 0 fully saturated rings. The summed E-state index contributed by atoms with van der Waals surface area (Å²) in [4.78, 5) is 12.6. The van der Waals surface area contributed by atoms with Gasteiger partial charge in [-0.05, 0) is 23.9 Å². The molecule has 3 rings (SSSR count). The van der Waals surface area contributed by atoms with Crippen LogP contribution in [0.25, 0.3) is 0 Å². The molecular formula is C15H13N3OS2. The quantitative estimate of drug-likeness (QED) is 0.797. The summed E-state index contributed by atoms with van der Waals surface area (Å²) >= 11 is 2.81. The standard InChI is InChI=1S/C15H13N3OS2/c1-10-4-6-11(7-5-10)9-13-17-18-15(21-13)16-14(19)12-3-2-8-20-12/h2-8H,9H2,1H3,(H,16,18,19). The van der Waals surface area contributed by atoms with Crippen molar-refractivity contribution in [1.29, 1.82) is 0 Å². The molecule has 0 aliphatic carbocycles. The lowest BCUT2D eigenvalue weighted by Gasteiger charge is -1.98. The highest BCUT2D eigenvalue weighted by molar-refractivity contribution is 7.15. The summed E-state index contributed by atoms with van der Waals surface area (Å²) in [7, 11) is 0. The van der Waals surface area contributed by atoms with Crippen LogP contribution >= 0.6 is 22.7 Å². The molecule has 0 atom stereocenters. The topological polar surface area (TPSA) is 54.9 Å². The van der Waals surface area contributed by atoms with E-state index in [1.165, 1.54) is 33.8 Å². The van der Waals surface area contributed by atoms with Crippen LogP contribution in [0, 0.1) is 6.92 Å². The molecule has 0 saturated heterocycles. The zero-order valence-electron chi connectivity index (χ0n) is 11.4. The van der Waals surface area contributed by atoms with Crippen molar-refractivity contribution in [2.75, 3.05) is 5.32 Å². The van der Waals surface area contributed by atoms with Gasteiger partial charge in [-0.15, -0.1) is 21.5 Å². The normalized spacial score (nSPS) is 10.5. The van der Waals surface area contributed by atoms with E-state index in [-0.39, 0.29) is 5.91 Å². The molecule has 1 N–H and O–H groups in total. The van der Waals surface area contributed by atoms with Gasteiger partial charge in [0.15, 0.2) is 0 Å². The molecule has 1 aromatic carbocycles. The molecule has 0 aliphatic rings. The van der Waals surface area contributed by atoms with Crippen LogP contribution in [0.3, 0.4) is 0 Å². The first-order valence-corrected chi connectivity index (χ1v) is 8.13. The Morgan fingerprint density at radius 2 is 2.00 bits per heavy atom. The number of aryl methyl sites for hydroxylation is 1. The second-order valence-corrected chi connectivity index (χ2v) is 6.60. The first-order valence-electron chi connectivity index (χ1n) is 6.43. The maximum absolute atomic E-state index is 11.9. The average molecular weight is 315 g/mol. The summed E-state index contributed by atoms with van der Waals surface area (Å²) in [6, 6.07) is 12.0. The molecular weight excluding hydrogens is 302 g/mol. The summed E-state index contributed by atoms with van der Waals surface area (Å²) in [5.41, 5.74) is 2.42. The second-order valence-electron chi connectivity index (χ2n) is 4.59. The third-order valence-corrected chi connectivity index (χ3v) is 4.62. The molecule has 1 amide bonds. The van der Waals surface area contributed by atoms with E-state index in [9.17, 15) is 4.79 Å². The summed E-state index contributed by atoms with van der Waals surface area (Å²) in [6.07, 6.45) is 0.729. The van der Waals surface area contributed by atoms with Crippen LogP contribution in [0.4, 0.5) is 5.13 Å². The van der Waals surface area contributed by atoms with Gasteiger partial charge < -0.3 is 0 Å². The summed E-state index contributed by atoms with van der Waals surface area (Å²) in [5, 5.41) is 14.2. The number of anilines is 1. The van der Waals surface area contributed by atoms with E-state index in [1.54, 1.807) is 6.07 Å². The molecule has 6 heteroatoms. The minimum Gasteiger partial charge on any atom is -0.296 e. The van der Waals surface area contributed by atoms with Gasteiger partial charge in [0.2, 0.25) is 5.13 Å². The highest BCUT2D eigenvalue weighted by Gasteiger charge is 2.11. The number of benzene rings is 1. The van der Waals surface area contributed by atoms with Crippen molar-refractivity contribution in [3.05, 3.63) is 62.8 Å². The Morgan fingerprint density at radius 3 is 2.71 bits per heavy atom. The number of aromatic nitrogens is 2. The Kier molecular flexibility index (Phi) is 4.08. The predicted octanol–water partition coefficient (Wildman–Crippen LogP) is 3.75. The van der Waals surface area contributed by atoms with Crippen molar-refractivity contribution in [3.63, 3.8) is 0 Å². The fraction of sp³-hybridized carbons (Fsp3) is 0.133. The van der Waals surface area contributed by atoms with Gasteiger partial charge in [-0.25, -0.2) is 0 Å². The molecule has 0 spiro atoms. The Labute approximate surface area is 130 Å². The molecule has 21 heavy (non-hydrogen) atoms. The molecule has 3 aromatic rings. The highest BCUT2D eigenvalue weighted by atomic mass is 32.1. The van der Waals surface area contributed by atoms with Crippen LogP contribution in [0.1, 0.15) is 25.8 Å². The van der Waals surface area contributed by atoms with Gasteiger partial charge in [-0.1, -0.05) is 47.2 Å². The molecule has 106 valence electrons. The van der Waals surface area contributed by atoms with Crippen molar-refractivity contribution >= 4 is 33.7 Å². The van der Waals surface area contributed by atoms with Crippen molar-refractivity contribution in [2.45, 2.75) is 13.3 Å². The smallest absolute Gasteiger partial charge is 0.267 e. The minimum absolute atomic E-state index is 0.136. The molecule has 2 aromatic heterocycles. The molecule has 0 bridgehead atoms. The number of nitrogens with zero attached hydrogens (tertiary/aromatic N) is 2. The number of amides is 1. The maximum atomic E-state index is 11.9. The molecule has 4 nitrogen and oxygen atoms in total. The van der Waals surface area contributed by atoms with E-state index in [1.807, 2.05) is 11.4 Å². The van der Waals surface area contributed by atoms with Gasteiger partial charge in [0.1, 0.15) is 5.01 Å². The average Bonchev–Trinajstić information content (AvgIpc) is 3.13. The van der Waals surface area contributed by atoms with Crippen molar-refractivity contribution in [3.8, 4) is 0 Å². The maximum Gasteiger partial charge on any atom is 0.267 e. The van der Waals surface area contributed by atoms with Crippen LogP contribution in [0.2, 0.25) is 0 Å². The van der Waals surface area contributed by atoms with Crippen molar-refractivity contribution in [2.24, 2.45) is 0 Å². The van der Waals surface area contributed by atoms with E-state index in [4.69, 9.17) is 0 Å². The van der Waals surface area contributed by atoms with Crippen LogP contribution in [-0.2, 0) is 6.42 Å². The van der Waals surface area contributed by atoms with Gasteiger partial charge in [0, 0.05) is 6.42 Å². The van der Waals surface area contributed by atoms with Crippen molar-refractivity contribution < 1.29 is 4.79 Å². The molecule has 2 heterocycles. The van der Waals surface area contributed by atoms with Gasteiger partial charge >= 0.3 is 0 Å². The predicted molar refractivity (Wildman–Crippen MR) is 86.2 cm³/mol. The Balaban J connectivity index is 1.66. The number of carbonyl (C=O) groups excluding carboxylic acids is 1. The van der Waals surface area contributed by atoms with E-state index in [0.717, 1.165) is 11.4 Å². The number of hydrogen-bond acceptors (Lipinski definition) is 5. The molecule has 0 aliphatic heterocycles. The lowest BCUT2D eigenvalue weighted by Crippen LogP contribution is -2.09. The Morgan fingerprint density at radius 1 is 1.19 bits per heavy atom. The zero-order valence-corrected chi connectivity index (χ0v) is 13.0. The van der Waals surface area contributed by atoms with Gasteiger partial charge in [-0.2, -0.15) is 0 Å². The van der Waals surface area contributed by atoms with Crippen LogP contribution in [0.15, 0.2) is 41.8 Å². The highest BCUT2D eigenvalue weighted by Crippen LogP contribution is 2.20. The Bertz CT molecular complexity index is 733. The molecule has 0 unspecified atom stereocenters. The van der Waals surface area contributed by atoms with E-state index in [0.29, 0.717) is 10.0 Å². The SMILES string of the molecule is Cc1ccc(Cc2nnc(NC(=O)c3cccs3)s2)cc1. The van der Waals surface area contributed by atoms with Crippen LogP contribution in [-0.4, -0.2) is 16.1 Å². The fourth-order valence-electron chi connectivity index (χ4n) is 1.82. The van der Waals surface area contributed by atoms with Gasteiger partial charge in [-0.3, -0.25) is 10.1 Å². The summed E-state index contributed by atoms with van der Waals surface area (Å²) in [5.74, 6) is -0.136. The lowest BCUT2D eigenvalue weighted by molar-refractivity contribution is 0.103. The lowest BCUT2D eigenvalue weighted by atomic mass is 10.1. The summed E-state index contributed by atoms with van der Waals surface area (Å²) < 4.78 is 0. The van der Waals surface area contributed by atoms with E-state index < -0.39 is 0 Å². The second kappa shape index (κ2) is 6.15. The first-order chi connectivity index (χ1) is 10.2. The molecule has 0 radical (unpaired) electrons. The fourth-order valence-corrected chi connectivity index (χ4v) is 3.21. The van der Waals surface area contributed by atoms with E-state index in [2.05, 4.69) is 46.7 Å². The summed E-state index contributed by atoms with van der Waals surface area (Å²) in [6.45, 7) is 2.06. The Hall–Kier alpha value is -2.05. The monoisotopic (exact) mass is 315 g/mol. The number of hydrogen-bond donors (Lipinski definition) is 1. The van der Waals surface area contributed by atoms with Crippen molar-refractivity contribution in [1.82, 2.24) is 10.2 Å². The number of carbonyl (C=O) groups is 1. The van der Waals surface area contributed by atoms with Crippen LogP contribution in [0.5, 0.6) is 0 Å². The molecule has 0 saturated carbocycles. The number of nitrogens with one attached hydrogen (secondary N) is 1. The number of rotatable bonds is 4. The number of thiophene rings is 1. The van der Waals surface area contributed by atoms with Gasteiger partial charge in [0.05, 0.1) is 4.88 Å². The van der Waals surface area contributed by atoms with Crippen LogP contribution < -0.4 is 5.32 Å². The zero-order chi connectivity index (χ0) is 14.7. The third-order valence-electron chi connectivity index (χ3n) is 2.91. The first kappa shape index (κ1) is 13.9.